The van der Waals surface area contributed by atoms with Gasteiger partial charge in [-0.2, -0.15) is 0 Å². The molecular formula is C12H4F4. The van der Waals surface area contributed by atoms with Gasteiger partial charge in [0.05, 0.1) is 12.1 Å². The smallest absolute Gasteiger partial charge is 0.134 e. The average molecular weight is 224 g/mol. The van der Waals surface area contributed by atoms with Crippen molar-refractivity contribution in [2.45, 2.75) is 0 Å². The van der Waals surface area contributed by atoms with Crippen LogP contribution in [0.15, 0.2) is 24.3 Å². The van der Waals surface area contributed by atoms with Gasteiger partial charge in [0, 0.05) is 0 Å². The van der Waals surface area contributed by atoms with Crippen molar-refractivity contribution in [3.8, 4) is 11.1 Å². The Bertz CT molecular complexity index is 445. The predicted molar refractivity (Wildman–Crippen MR) is 49.4 cm³/mol. The van der Waals surface area contributed by atoms with E-state index in [1.54, 1.807) is 12.1 Å². The molecule has 0 aliphatic rings. The Hall–Kier alpha value is -1.84. The van der Waals surface area contributed by atoms with Crippen molar-refractivity contribution in [3.63, 3.8) is 0 Å². The van der Waals surface area contributed by atoms with Crippen molar-refractivity contribution in [1.82, 2.24) is 0 Å². The van der Waals surface area contributed by atoms with Gasteiger partial charge in [-0.25, -0.2) is 17.6 Å². The Balaban J connectivity index is 2.57. The van der Waals surface area contributed by atoms with Crippen LogP contribution >= 0.6 is 0 Å². The molecule has 80 valence electrons. The van der Waals surface area contributed by atoms with E-state index >= 15 is 0 Å². The second kappa shape index (κ2) is 3.96. The molecule has 2 rings (SSSR count). The Morgan fingerprint density at radius 2 is 0.812 bits per heavy atom. The Morgan fingerprint density at radius 3 is 1.06 bits per heavy atom. The summed E-state index contributed by atoms with van der Waals surface area (Å²) >= 11 is 0. The van der Waals surface area contributed by atoms with E-state index < -0.39 is 23.3 Å². The van der Waals surface area contributed by atoms with Crippen molar-refractivity contribution in [3.05, 3.63) is 59.7 Å². The summed E-state index contributed by atoms with van der Waals surface area (Å²) in [7, 11) is 0. The lowest BCUT2D eigenvalue weighted by molar-refractivity contribution is 0.576. The van der Waals surface area contributed by atoms with Crippen molar-refractivity contribution < 1.29 is 17.6 Å². The fraction of sp³-hybridized carbons (Fsp3) is 0. The van der Waals surface area contributed by atoms with Gasteiger partial charge in [0.2, 0.25) is 0 Å². The highest BCUT2D eigenvalue weighted by Crippen LogP contribution is 2.23. The molecule has 2 radical (unpaired) electrons. The predicted octanol–water partition coefficient (Wildman–Crippen LogP) is 3.51. The first-order valence-electron chi connectivity index (χ1n) is 4.32. The molecule has 4 heteroatoms. The van der Waals surface area contributed by atoms with Crippen LogP contribution in [0.2, 0.25) is 0 Å². The zero-order valence-corrected chi connectivity index (χ0v) is 7.82. The van der Waals surface area contributed by atoms with Crippen molar-refractivity contribution in [2.24, 2.45) is 0 Å². The molecule has 0 saturated heterocycles. The van der Waals surface area contributed by atoms with Crippen LogP contribution in [-0.4, -0.2) is 0 Å². The third-order valence-electron chi connectivity index (χ3n) is 1.94. The summed E-state index contributed by atoms with van der Waals surface area (Å²) in [5, 5.41) is 0. The summed E-state index contributed by atoms with van der Waals surface area (Å²) in [6, 6.07) is 7.33. The maximum Gasteiger partial charge on any atom is 0.134 e. The molecule has 2 aromatic carbocycles. The summed E-state index contributed by atoms with van der Waals surface area (Å²) in [5.74, 6) is -3.71. The van der Waals surface area contributed by atoms with Gasteiger partial charge >= 0.3 is 0 Å². The second-order valence-corrected chi connectivity index (χ2v) is 3.13. The highest BCUT2D eigenvalue weighted by Gasteiger charge is 2.07. The first kappa shape index (κ1) is 10.7. The van der Waals surface area contributed by atoms with Crippen molar-refractivity contribution in [1.29, 1.82) is 0 Å². The number of hydrogen-bond donors (Lipinski definition) is 0. The third kappa shape index (κ3) is 2.21. The lowest BCUT2D eigenvalue weighted by Crippen LogP contribution is -1.88. The molecule has 0 nitrogen and oxygen atoms in total. The van der Waals surface area contributed by atoms with Gasteiger partial charge in [0.15, 0.2) is 0 Å². The molecule has 0 aliphatic carbocycles. The van der Waals surface area contributed by atoms with E-state index in [1.807, 2.05) is 0 Å². The van der Waals surface area contributed by atoms with E-state index in [-0.39, 0.29) is 11.1 Å². The van der Waals surface area contributed by atoms with Gasteiger partial charge in [0.1, 0.15) is 23.3 Å². The summed E-state index contributed by atoms with van der Waals surface area (Å²) in [6.07, 6.45) is 0. The van der Waals surface area contributed by atoms with E-state index in [2.05, 4.69) is 0 Å². The lowest BCUT2D eigenvalue weighted by atomic mass is 10.1. The minimum atomic E-state index is -0.927. The van der Waals surface area contributed by atoms with Crippen molar-refractivity contribution in [2.75, 3.05) is 0 Å². The van der Waals surface area contributed by atoms with Crippen LogP contribution in [0, 0.1) is 35.4 Å². The first-order valence-corrected chi connectivity index (χ1v) is 4.32. The van der Waals surface area contributed by atoms with Gasteiger partial charge in [0.25, 0.3) is 0 Å². The molecule has 0 atom stereocenters. The Kier molecular flexibility index (Phi) is 2.64. The molecule has 0 bridgehead atoms. The van der Waals surface area contributed by atoms with E-state index in [4.69, 9.17) is 0 Å². The summed E-state index contributed by atoms with van der Waals surface area (Å²) < 4.78 is 51.3. The fourth-order valence-electron chi connectivity index (χ4n) is 1.34. The van der Waals surface area contributed by atoms with E-state index in [0.29, 0.717) is 0 Å². The number of halogens is 4. The normalized spacial score (nSPS) is 10.5. The largest absolute Gasteiger partial charge is 0.206 e. The SMILES string of the molecule is Fc1[c]c(F)cc(-c2cc(F)[c]c(F)c2)c1. The molecular weight excluding hydrogens is 220 g/mol. The standard InChI is InChI=1S/C12H4F4/c13-9-1-7(2-10(14)5-9)8-3-11(15)6-12(16)4-8/h1-4H. The molecule has 0 heterocycles. The van der Waals surface area contributed by atoms with E-state index in [1.165, 1.54) is 0 Å². The molecule has 0 aromatic heterocycles. The van der Waals surface area contributed by atoms with Crippen LogP contribution in [0.3, 0.4) is 0 Å². The highest BCUT2D eigenvalue weighted by molar-refractivity contribution is 5.63. The van der Waals surface area contributed by atoms with Gasteiger partial charge in [-0.1, -0.05) is 0 Å². The number of rotatable bonds is 1. The highest BCUT2D eigenvalue weighted by atomic mass is 19.1. The monoisotopic (exact) mass is 224 g/mol. The molecule has 0 fully saturated rings. The van der Waals surface area contributed by atoms with Gasteiger partial charge in [-0.3, -0.25) is 0 Å². The summed E-state index contributed by atoms with van der Waals surface area (Å²) in [6.45, 7) is 0. The van der Waals surface area contributed by atoms with Gasteiger partial charge in [-0.05, 0) is 35.4 Å². The number of benzene rings is 2. The second-order valence-electron chi connectivity index (χ2n) is 3.13. The topological polar surface area (TPSA) is 0 Å². The van der Waals surface area contributed by atoms with Crippen LogP contribution in [0.1, 0.15) is 0 Å². The van der Waals surface area contributed by atoms with Crippen LogP contribution < -0.4 is 0 Å². The lowest BCUT2D eigenvalue weighted by Gasteiger charge is -2.02. The summed E-state index contributed by atoms with van der Waals surface area (Å²) in [4.78, 5) is 0. The van der Waals surface area contributed by atoms with Gasteiger partial charge < -0.3 is 0 Å². The van der Waals surface area contributed by atoms with Crippen LogP contribution in [0.4, 0.5) is 17.6 Å². The molecule has 16 heavy (non-hydrogen) atoms. The summed E-state index contributed by atoms with van der Waals surface area (Å²) in [5.41, 5.74) is 0.0844. The molecule has 0 saturated carbocycles. The Morgan fingerprint density at radius 1 is 0.562 bits per heavy atom. The van der Waals surface area contributed by atoms with E-state index in [9.17, 15) is 17.6 Å². The molecule has 0 N–H and O–H groups in total. The molecule has 0 unspecified atom stereocenters. The zero-order chi connectivity index (χ0) is 11.7. The van der Waals surface area contributed by atoms with Gasteiger partial charge in [-0.15, -0.1) is 0 Å². The maximum absolute atomic E-state index is 12.8. The molecule has 0 spiro atoms. The number of hydrogen-bond acceptors (Lipinski definition) is 0. The minimum Gasteiger partial charge on any atom is -0.206 e. The first-order chi connectivity index (χ1) is 7.54. The molecule has 0 amide bonds. The van der Waals surface area contributed by atoms with Crippen molar-refractivity contribution >= 4 is 0 Å². The fourth-order valence-corrected chi connectivity index (χ4v) is 1.34. The third-order valence-corrected chi connectivity index (χ3v) is 1.94. The molecule has 0 aliphatic heterocycles. The molecule has 2 aromatic rings. The average Bonchev–Trinajstić information content (AvgIpc) is 2.14. The maximum atomic E-state index is 12.8. The quantitative estimate of drug-likeness (QED) is 0.650. The van der Waals surface area contributed by atoms with E-state index in [0.717, 1.165) is 24.3 Å². The zero-order valence-electron chi connectivity index (χ0n) is 7.82. The minimum absolute atomic E-state index is 0.0422. The van der Waals surface area contributed by atoms with Crippen LogP contribution in [-0.2, 0) is 0 Å². The van der Waals surface area contributed by atoms with Crippen LogP contribution in [0.5, 0.6) is 0 Å². The van der Waals surface area contributed by atoms with Crippen LogP contribution in [0.25, 0.3) is 11.1 Å². The Labute approximate surface area is 89.2 Å².